The average molecular weight is 441 g/mol. The maximum absolute atomic E-state index is 12.6. The molecule has 3 rings (SSSR count). The van der Waals surface area contributed by atoms with Crippen LogP contribution in [-0.2, 0) is 33.9 Å². The zero-order chi connectivity index (χ0) is 22.9. The van der Waals surface area contributed by atoms with Crippen molar-refractivity contribution in [2.45, 2.75) is 32.9 Å². The predicted octanol–water partition coefficient (Wildman–Crippen LogP) is 2.95. The van der Waals surface area contributed by atoms with Gasteiger partial charge in [0.05, 0.1) is 26.7 Å². The summed E-state index contributed by atoms with van der Waals surface area (Å²) in [7, 11) is 3.20. The molecule has 7 nitrogen and oxygen atoms in total. The van der Waals surface area contributed by atoms with E-state index in [4.69, 9.17) is 14.2 Å². The number of hydrogen-bond donors (Lipinski definition) is 1. The molecule has 0 spiro atoms. The highest BCUT2D eigenvalue weighted by molar-refractivity contribution is 5.89. The molecule has 1 aliphatic heterocycles. The van der Waals surface area contributed by atoms with Crippen LogP contribution in [0.15, 0.2) is 42.5 Å². The number of carbonyl (C=O) groups is 2. The van der Waals surface area contributed by atoms with E-state index in [2.05, 4.69) is 5.32 Å². The van der Waals surface area contributed by atoms with E-state index in [1.807, 2.05) is 49.4 Å². The molecule has 7 heteroatoms. The Hall–Kier alpha value is -3.06. The van der Waals surface area contributed by atoms with E-state index in [-0.39, 0.29) is 24.2 Å². The molecule has 0 saturated carbocycles. The van der Waals surface area contributed by atoms with Crippen molar-refractivity contribution in [3.63, 3.8) is 0 Å². The maximum Gasteiger partial charge on any atom is 0.225 e. The van der Waals surface area contributed by atoms with Crippen molar-refractivity contribution < 1.29 is 23.8 Å². The zero-order valence-corrected chi connectivity index (χ0v) is 19.1. The molecule has 0 radical (unpaired) electrons. The Morgan fingerprint density at radius 1 is 1.03 bits per heavy atom. The molecule has 1 aliphatic rings. The Morgan fingerprint density at radius 3 is 2.41 bits per heavy atom. The van der Waals surface area contributed by atoms with Crippen LogP contribution in [0.5, 0.6) is 11.5 Å². The van der Waals surface area contributed by atoms with Gasteiger partial charge in [0.15, 0.2) is 11.5 Å². The van der Waals surface area contributed by atoms with E-state index in [0.29, 0.717) is 50.8 Å². The van der Waals surface area contributed by atoms with Crippen molar-refractivity contribution >= 4 is 11.8 Å². The minimum atomic E-state index is -0.315. The Labute approximate surface area is 189 Å². The molecule has 2 aromatic rings. The van der Waals surface area contributed by atoms with Gasteiger partial charge in [-0.25, -0.2) is 0 Å². The molecule has 2 amide bonds. The highest BCUT2D eigenvalue weighted by Crippen LogP contribution is 2.28. The quantitative estimate of drug-likeness (QED) is 0.581. The van der Waals surface area contributed by atoms with Crippen LogP contribution in [-0.4, -0.2) is 50.6 Å². The second-order valence-electron chi connectivity index (χ2n) is 7.85. The number of nitrogens with zero attached hydrogens (tertiary/aromatic N) is 1. The number of ether oxygens (including phenoxy) is 3. The molecule has 1 fully saturated rings. The van der Waals surface area contributed by atoms with Gasteiger partial charge in [-0.2, -0.15) is 0 Å². The summed E-state index contributed by atoms with van der Waals surface area (Å²) in [5.41, 5.74) is 3.18. The molecule has 172 valence electrons. The first kappa shape index (κ1) is 23.6. The molecule has 1 unspecified atom stereocenters. The van der Waals surface area contributed by atoms with Crippen LogP contribution in [0, 0.1) is 5.92 Å². The number of benzene rings is 2. The van der Waals surface area contributed by atoms with Crippen LogP contribution < -0.4 is 14.8 Å². The second-order valence-corrected chi connectivity index (χ2v) is 7.85. The van der Waals surface area contributed by atoms with Gasteiger partial charge in [0, 0.05) is 32.7 Å². The van der Waals surface area contributed by atoms with Crippen molar-refractivity contribution in [3.8, 4) is 11.5 Å². The predicted molar refractivity (Wildman–Crippen MR) is 122 cm³/mol. The molecule has 2 aromatic carbocycles. The molecule has 0 bridgehead atoms. The molecule has 1 saturated heterocycles. The lowest BCUT2D eigenvalue weighted by Crippen LogP contribution is -2.33. The van der Waals surface area contributed by atoms with Gasteiger partial charge in [-0.1, -0.05) is 30.3 Å². The van der Waals surface area contributed by atoms with Gasteiger partial charge in [0.2, 0.25) is 11.8 Å². The van der Waals surface area contributed by atoms with Crippen molar-refractivity contribution in [1.82, 2.24) is 10.2 Å². The summed E-state index contributed by atoms with van der Waals surface area (Å²) >= 11 is 0. The van der Waals surface area contributed by atoms with Crippen molar-refractivity contribution in [2.75, 3.05) is 33.9 Å². The van der Waals surface area contributed by atoms with E-state index < -0.39 is 0 Å². The van der Waals surface area contributed by atoms with E-state index in [9.17, 15) is 9.59 Å². The molecule has 1 heterocycles. The fraction of sp³-hybridized carbons (Fsp3) is 0.440. The van der Waals surface area contributed by atoms with Crippen LogP contribution in [0.1, 0.15) is 30.0 Å². The number of rotatable bonds is 11. The molecular formula is C25H32N2O5. The van der Waals surface area contributed by atoms with Gasteiger partial charge in [0.25, 0.3) is 0 Å². The minimum absolute atomic E-state index is 0.0194. The van der Waals surface area contributed by atoms with E-state index in [1.165, 1.54) is 0 Å². The topological polar surface area (TPSA) is 77.1 Å². The first-order valence-corrected chi connectivity index (χ1v) is 11.0. The van der Waals surface area contributed by atoms with Crippen molar-refractivity contribution in [1.29, 1.82) is 0 Å². The fourth-order valence-corrected chi connectivity index (χ4v) is 3.77. The van der Waals surface area contributed by atoms with Crippen molar-refractivity contribution in [3.05, 3.63) is 59.2 Å². The Morgan fingerprint density at radius 2 is 1.72 bits per heavy atom. The van der Waals surface area contributed by atoms with Gasteiger partial charge < -0.3 is 24.4 Å². The van der Waals surface area contributed by atoms with Gasteiger partial charge in [-0.05, 0) is 42.2 Å². The lowest BCUT2D eigenvalue weighted by Gasteiger charge is -2.17. The first-order valence-electron chi connectivity index (χ1n) is 11.0. The van der Waals surface area contributed by atoms with Gasteiger partial charge in [-0.3, -0.25) is 9.59 Å². The minimum Gasteiger partial charge on any atom is -0.493 e. The lowest BCUT2D eigenvalue weighted by atomic mass is 10.1. The third-order valence-electron chi connectivity index (χ3n) is 5.67. The Kier molecular flexibility index (Phi) is 8.50. The summed E-state index contributed by atoms with van der Waals surface area (Å²) in [6.07, 6.45) is 0.944. The number of amides is 2. The normalized spacial score (nSPS) is 15.7. The standard InChI is InChI=1S/C25H32N2O5/c1-4-32-17-20-7-5-19(6-8-20)15-26-25(29)21-14-24(28)27(16-21)12-11-18-9-10-22(30-2)23(13-18)31-3/h5-10,13,21H,4,11-12,14-17H2,1-3H3,(H,26,29). The van der Waals surface area contributed by atoms with Crippen LogP contribution in [0.25, 0.3) is 0 Å². The lowest BCUT2D eigenvalue weighted by molar-refractivity contribution is -0.129. The van der Waals surface area contributed by atoms with E-state index in [0.717, 1.165) is 16.7 Å². The number of likely N-dealkylation sites (tertiary alicyclic amines) is 1. The highest BCUT2D eigenvalue weighted by Gasteiger charge is 2.33. The number of nitrogens with one attached hydrogen (secondary N) is 1. The van der Waals surface area contributed by atoms with Crippen LogP contribution in [0.3, 0.4) is 0 Å². The summed E-state index contributed by atoms with van der Waals surface area (Å²) in [4.78, 5) is 26.8. The monoisotopic (exact) mass is 440 g/mol. The molecule has 0 aromatic heterocycles. The fourth-order valence-electron chi connectivity index (χ4n) is 3.77. The SMILES string of the molecule is CCOCc1ccc(CNC(=O)C2CC(=O)N(CCc3ccc(OC)c(OC)c3)C2)cc1. The number of methoxy groups -OCH3 is 2. The van der Waals surface area contributed by atoms with Crippen LogP contribution in [0.2, 0.25) is 0 Å². The average Bonchev–Trinajstić information content (AvgIpc) is 3.20. The van der Waals surface area contributed by atoms with Gasteiger partial charge >= 0.3 is 0 Å². The van der Waals surface area contributed by atoms with Gasteiger partial charge in [0.1, 0.15) is 0 Å². The van der Waals surface area contributed by atoms with E-state index >= 15 is 0 Å². The maximum atomic E-state index is 12.6. The van der Waals surface area contributed by atoms with Gasteiger partial charge in [-0.15, -0.1) is 0 Å². The summed E-state index contributed by atoms with van der Waals surface area (Å²) < 4.78 is 16.0. The zero-order valence-electron chi connectivity index (χ0n) is 19.1. The highest BCUT2D eigenvalue weighted by atomic mass is 16.5. The second kappa shape index (κ2) is 11.5. The third-order valence-corrected chi connectivity index (χ3v) is 5.67. The summed E-state index contributed by atoms with van der Waals surface area (Å²) in [5, 5.41) is 2.97. The summed E-state index contributed by atoms with van der Waals surface area (Å²) in [5.74, 6) is 0.969. The van der Waals surface area contributed by atoms with Crippen LogP contribution in [0.4, 0.5) is 0 Å². The third kappa shape index (κ3) is 6.23. The smallest absolute Gasteiger partial charge is 0.225 e. The molecule has 0 aliphatic carbocycles. The summed E-state index contributed by atoms with van der Waals surface area (Å²) in [6.45, 7) is 4.71. The molecular weight excluding hydrogens is 408 g/mol. The molecule has 32 heavy (non-hydrogen) atoms. The Bertz CT molecular complexity index is 913. The molecule has 1 N–H and O–H groups in total. The largest absolute Gasteiger partial charge is 0.493 e. The summed E-state index contributed by atoms with van der Waals surface area (Å²) in [6, 6.07) is 13.7. The van der Waals surface area contributed by atoms with Crippen LogP contribution >= 0.6 is 0 Å². The number of carbonyl (C=O) groups excluding carboxylic acids is 2. The molecule has 1 atom stereocenters. The Balaban J connectivity index is 1.47. The number of hydrogen-bond acceptors (Lipinski definition) is 5. The first-order chi connectivity index (χ1) is 15.5. The van der Waals surface area contributed by atoms with E-state index in [1.54, 1.807) is 19.1 Å². The van der Waals surface area contributed by atoms with Crippen molar-refractivity contribution in [2.24, 2.45) is 5.92 Å².